The van der Waals surface area contributed by atoms with Crippen molar-refractivity contribution < 1.29 is 0 Å². The number of anilines is 1. The van der Waals surface area contributed by atoms with Gasteiger partial charge in [0.2, 0.25) is 0 Å². The molecule has 0 atom stereocenters. The van der Waals surface area contributed by atoms with E-state index in [-0.39, 0.29) is 0 Å². The molecular formula is C10H10N4. The Hall–Kier alpha value is -1.97. The predicted octanol–water partition coefficient (Wildman–Crippen LogP) is 1.43. The molecule has 2 rings (SSSR count). The van der Waals surface area contributed by atoms with Crippen LogP contribution in [0.4, 0.5) is 5.82 Å². The SMILES string of the molecule is Cc1cnccc1-c1nccnc1N. The van der Waals surface area contributed by atoms with Gasteiger partial charge in [-0.3, -0.25) is 9.97 Å². The molecule has 0 bridgehead atoms. The highest BCUT2D eigenvalue weighted by atomic mass is 14.9. The summed E-state index contributed by atoms with van der Waals surface area (Å²) >= 11 is 0. The lowest BCUT2D eigenvalue weighted by Crippen LogP contribution is -1.97. The number of pyridine rings is 1. The minimum absolute atomic E-state index is 0.446. The van der Waals surface area contributed by atoms with E-state index in [4.69, 9.17) is 5.73 Å². The molecule has 2 N–H and O–H groups in total. The fraction of sp³-hybridized carbons (Fsp3) is 0.100. The summed E-state index contributed by atoms with van der Waals surface area (Å²) in [6.07, 6.45) is 6.71. The molecule has 0 fully saturated rings. The van der Waals surface area contributed by atoms with Gasteiger partial charge in [0.05, 0.1) is 0 Å². The minimum Gasteiger partial charge on any atom is -0.382 e. The van der Waals surface area contributed by atoms with E-state index in [9.17, 15) is 0 Å². The van der Waals surface area contributed by atoms with Crippen LogP contribution in [0.1, 0.15) is 5.56 Å². The summed E-state index contributed by atoms with van der Waals surface area (Å²) < 4.78 is 0. The fourth-order valence-corrected chi connectivity index (χ4v) is 1.30. The monoisotopic (exact) mass is 186 g/mol. The van der Waals surface area contributed by atoms with Crippen molar-refractivity contribution in [3.63, 3.8) is 0 Å². The molecule has 0 saturated carbocycles. The quantitative estimate of drug-likeness (QED) is 0.731. The maximum absolute atomic E-state index is 5.73. The first-order chi connectivity index (χ1) is 6.79. The van der Waals surface area contributed by atoms with Crippen LogP contribution in [-0.4, -0.2) is 15.0 Å². The molecule has 0 aromatic carbocycles. The Kier molecular flexibility index (Phi) is 2.10. The van der Waals surface area contributed by atoms with Crippen LogP contribution in [0.15, 0.2) is 30.9 Å². The lowest BCUT2D eigenvalue weighted by molar-refractivity contribution is 1.19. The van der Waals surface area contributed by atoms with Crippen molar-refractivity contribution in [2.75, 3.05) is 5.73 Å². The molecule has 2 heterocycles. The van der Waals surface area contributed by atoms with E-state index in [2.05, 4.69) is 15.0 Å². The van der Waals surface area contributed by atoms with E-state index in [0.29, 0.717) is 11.5 Å². The highest BCUT2D eigenvalue weighted by Crippen LogP contribution is 2.23. The lowest BCUT2D eigenvalue weighted by atomic mass is 10.1. The van der Waals surface area contributed by atoms with E-state index in [0.717, 1.165) is 11.1 Å². The van der Waals surface area contributed by atoms with Gasteiger partial charge in [-0.15, -0.1) is 0 Å². The van der Waals surface area contributed by atoms with Crippen LogP contribution in [-0.2, 0) is 0 Å². The predicted molar refractivity (Wildman–Crippen MR) is 54.4 cm³/mol. The summed E-state index contributed by atoms with van der Waals surface area (Å²) in [7, 11) is 0. The highest BCUT2D eigenvalue weighted by Gasteiger charge is 2.06. The first-order valence-electron chi connectivity index (χ1n) is 4.26. The first kappa shape index (κ1) is 8.62. The molecule has 0 aliphatic carbocycles. The van der Waals surface area contributed by atoms with Gasteiger partial charge in [0.1, 0.15) is 11.5 Å². The van der Waals surface area contributed by atoms with Crippen LogP contribution in [0.3, 0.4) is 0 Å². The van der Waals surface area contributed by atoms with Crippen LogP contribution in [0, 0.1) is 6.92 Å². The Labute approximate surface area is 81.9 Å². The van der Waals surface area contributed by atoms with E-state index < -0.39 is 0 Å². The zero-order valence-corrected chi connectivity index (χ0v) is 7.81. The number of aromatic nitrogens is 3. The third-order valence-electron chi connectivity index (χ3n) is 2.00. The maximum atomic E-state index is 5.73. The molecule has 0 unspecified atom stereocenters. The Morgan fingerprint density at radius 2 is 1.93 bits per heavy atom. The van der Waals surface area contributed by atoms with Gasteiger partial charge in [0.15, 0.2) is 0 Å². The minimum atomic E-state index is 0.446. The van der Waals surface area contributed by atoms with Crippen molar-refractivity contribution in [2.24, 2.45) is 0 Å². The maximum Gasteiger partial charge on any atom is 0.149 e. The zero-order valence-electron chi connectivity index (χ0n) is 7.81. The smallest absolute Gasteiger partial charge is 0.149 e. The molecule has 4 heteroatoms. The van der Waals surface area contributed by atoms with Crippen molar-refractivity contribution in [1.29, 1.82) is 0 Å². The fourth-order valence-electron chi connectivity index (χ4n) is 1.30. The molecule has 0 amide bonds. The molecule has 0 aliphatic rings. The molecule has 0 aliphatic heterocycles. The largest absolute Gasteiger partial charge is 0.382 e. The van der Waals surface area contributed by atoms with Gasteiger partial charge in [-0.05, 0) is 18.6 Å². The Bertz CT molecular complexity index is 410. The summed E-state index contributed by atoms with van der Waals surface area (Å²) in [5.41, 5.74) is 8.46. The molecule has 2 aromatic rings. The Morgan fingerprint density at radius 1 is 1.14 bits per heavy atom. The Balaban J connectivity index is 2.61. The first-order valence-corrected chi connectivity index (χ1v) is 4.26. The number of nitrogens with two attached hydrogens (primary N) is 1. The second kappa shape index (κ2) is 3.41. The van der Waals surface area contributed by atoms with Gasteiger partial charge < -0.3 is 5.73 Å². The van der Waals surface area contributed by atoms with Crippen molar-refractivity contribution in [2.45, 2.75) is 6.92 Å². The van der Waals surface area contributed by atoms with Gasteiger partial charge in [-0.25, -0.2) is 4.98 Å². The number of hydrogen-bond donors (Lipinski definition) is 1. The average Bonchev–Trinajstić information content (AvgIpc) is 2.20. The van der Waals surface area contributed by atoms with Crippen LogP contribution >= 0.6 is 0 Å². The standard InChI is InChI=1S/C10H10N4/c1-7-6-12-3-2-8(7)9-10(11)14-5-4-13-9/h2-6H,1H3,(H2,11,14). The topological polar surface area (TPSA) is 64.7 Å². The van der Waals surface area contributed by atoms with Gasteiger partial charge >= 0.3 is 0 Å². The van der Waals surface area contributed by atoms with E-state index in [1.165, 1.54) is 0 Å². The number of nitrogens with zero attached hydrogens (tertiary/aromatic N) is 3. The third-order valence-corrected chi connectivity index (χ3v) is 2.00. The van der Waals surface area contributed by atoms with Crippen molar-refractivity contribution in [3.8, 4) is 11.3 Å². The summed E-state index contributed by atoms with van der Waals surface area (Å²) in [6, 6.07) is 1.88. The van der Waals surface area contributed by atoms with Gasteiger partial charge in [-0.2, -0.15) is 0 Å². The highest BCUT2D eigenvalue weighted by molar-refractivity contribution is 5.71. The van der Waals surface area contributed by atoms with Gasteiger partial charge in [0.25, 0.3) is 0 Å². The summed E-state index contributed by atoms with van der Waals surface area (Å²) in [5.74, 6) is 0.446. The summed E-state index contributed by atoms with van der Waals surface area (Å²) in [6.45, 7) is 1.97. The molecule has 70 valence electrons. The van der Waals surface area contributed by atoms with E-state index in [1.807, 2.05) is 13.0 Å². The lowest BCUT2D eigenvalue weighted by Gasteiger charge is -2.05. The van der Waals surface area contributed by atoms with Crippen LogP contribution in [0.2, 0.25) is 0 Å². The molecule has 4 nitrogen and oxygen atoms in total. The second-order valence-electron chi connectivity index (χ2n) is 2.98. The van der Waals surface area contributed by atoms with Crippen LogP contribution < -0.4 is 5.73 Å². The molecule has 14 heavy (non-hydrogen) atoms. The normalized spacial score (nSPS) is 10.1. The average molecular weight is 186 g/mol. The summed E-state index contributed by atoms with van der Waals surface area (Å²) in [4.78, 5) is 12.2. The van der Waals surface area contributed by atoms with Crippen molar-refractivity contribution in [1.82, 2.24) is 15.0 Å². The summed E-state index contributed by atoms with van der Waals surface area (Å²) in [5, 5.41) is 0. The molecule has 0 spiro atoms. The van der Waals surface area contributed by atoms with Crippen molar-refractivity contribution in [3.05, 3.63) is 36.4 Å². The second-order valence-corrected chi connectivity index (χ2v) is 2.98. The Morgan fingerprint density at radius 3 is 2.64 bits per heavy atom. The number of nitrogen functional groups attached to an aromatic ring is 1. The van der Waals surface area contributed by atoms with E-state index >= 15 is 0 Å². The van der Waals surface area contributed by atoms with Gasteiger partial charge in [-0.1, -0.05) is 0 Å². The number of rotatable bonds is 1. The number of hydrogen-bond acceptors (Lipinski definition) is 4. The van der Waals surface area contributed by atoms with Crippen LogP contribution in [0.5, 0.6) is 0 Å². The van der Waals surface area contributed by atoms with Gasteiger partial charge in [0, 0.05) is 30.4 Å². The van der Waals surface area contributed by atoms with E-state index in [1.54, 1.807) is 24.8 Å². The molecule has 0 radical (unpaired) electrons. The molecular weight excluding hydrogens is 176 g/mol. The number of aryl methyl sites for hydroxylation is 1. The molecule has 0 saturated heterocycles. The third kappa shape index (κ3) is 1.42. The van der Waals surface area contributed by atoms with Crippen LogP contribution in [0.25, 0.3) is 11.3 Å². The molecule has 2 aromatic heterocycles. The van der Waals surface area contributed by atoms with Crippen molar-refractivity contribution >= 4 is 5.82 Å². The zero-order chi connectivity index (χ0) is 9.97.